The second kappa shape index (κ2) is 5.24. The molecule has 0 aliphatic rings. The molecular formula is C14H16N2O3. The third-order valence-corrected chi connectivity index (χ3v) is 2.97. The molecule has 1 aromatic heterocycles. The number of hydrogen-bond acceptors (Lipinski definition) is 5. The van der Waals surface area contributed by atoms with E-state index in [4.69, 9.17) is 9.47 Å². The Bertz CT molecular complexity index is 553. The van der Waals surface area contributed by atoms with E-state index in [1.54, 1.807) is 38.3 Å². The van der Waals surface area contributed by atoms with E-state index in [2.05, 4.69) is 9.97 Å². The average molecular weight is 260 g/mol. The number of benzene rings is 1. The fourth-order valence-electron chi connectivity index (χ4n) is 1.86. The zero-order valence-electron chi connectivity index (χ0n) is 11.1. The van der Waals surface area contributed by atoms with E-state index in [-0.39, 0.29) is 0 Å². The highest BCUT2D eigenvalue weighted by molar-refractivity contribution is 5.38. The molecule has 1 N–H and O–H groups in total. The van der Waals surface area contributed by atoms with Crippen molar-refractivity contribution in [2.75, 3.05) is 14.2 Å². The first-order valence-electron chi connectivity index (χ1n) is 5.82. The predicted octanol–water partition coefficient (Wildman–Crippen LogP) is 1.75. The molecule has 5 nitrogen and oxygen atoms in total. The Balaban J connectivity index is 2.45. The van der Waals surface area contributed by atoms with Crippen LogP contribution in [0.1, 0.15) is 18.2 Å². The van der Waals surface area contributed by atoms with Crippen molar-refractivity contribution in [1.82, 2.24) is 9.97 Å². The Morgan fingerprint density at radius 2 is 1.63 bits per heavy atom. The van der Waals surface area contributed by atoms with E-state index < -0.39 is 5.60 Å². The van der Waals surface area contributed by atoms with Crippen LogP contribution < -0.4 is 9.47 Å². The maximum absolute atomic E-state index is 10.7. The van der Waals surface area contributed by atoms with Crippen LogP contribution >= 0.6 is 0 Å². The van der Waals surface area contributed by atoms with Gasteiger partial charge in [0, 0.05) is 12.4 Å². The fraction of sp³-hybridized carbons (Fsp3) is 0.286. The highest BCUT2D eigenvalue weighted by atomic mass is 16.5. The topological polar surface area (TPSA) is 64.5 Å². The van der Waals surface area contributed by atoms with Gasteiger partial charge < -0.3 is 14.6 Å². The SMILES string of the molecule is COc1ccc(C(C)(O)c2nccnc2OC)cc1. The number of ether oxygens (including phenoxy) is 2. The zero-order chi connectivity index (χ0) is 13.9. The molecule has 0 radical (unpaired) electrons. The first-order chi connectivity index (χ1) is 9.09. The molecule has 0 spiro atoms. The minimum absolute atomic E-state index is 0.309. The Labute approximate surface area is 111 Å². The monoisotopic (exact) mass is 260 g/mol. The summed E-state index contributed by atoms with van der Waals surface area (Å²) in [7, 11) is 3.09. The van der Waals surface area contributed by atoms with Crippen molar-refractivity contribution in [3.05, 3.63) is 47.9 Å². The van der Waals surface area contributed by atoms with Crippen molar-refractivity contribution < 1.29 is 14.6 Å². The first kappa shape index (κ1) is 13.3. The van der Waals surface area contributed by atoms with Crippen molar-refractivity contribution in [3.8, 4) is 11.6 Å². The quantitative estimate of drug-likeness (QED) is 0.907. The lowest BCUT2D eigenvalue weighted by Gasteiger charge is -2.24. The van der Waals surface area contributed by atoms with Gasteiger partial charge >= 0.3 is 0 Å². The minimum Gasteiger partial charge on any atom is -0.497 e. The lowest BCUT2D eigenvalue weighted by molar-refractivity contribution is 0.0929. The molecule has 0 saturated heterocycles. The average Bonchev–Trinajstić information content (AvgIpc) is 2.47. The van der Waals surface area contributed by atoms with Crippen molar-refractivity contribution >= 4 is 0 Å². The van der Waals surface area contributed by atoms with Gasteiger partial charge in [0.25, 0.3) is 0 Å². The minimum atomic E-state index is -1.29. The van der Waals surface area contributed by atoms with Gasteiger partial charge in [0.2, 0.25) is 5.88 Å². The summed E-state index contributed by atoms with van der Waals surface area (Å²) in [5, 5.41) is 10.7. The molecular weight excluding hydrogens is 244 g/mol. The molecule has 100 valence electrons. The summed E-state index contributed by atoms with van der Waals surface area (Å²) in [5.74, 6) is 1.04. The molecule has 0 aliphatic carbocycles. The normalized spacial score (nSPS) is 13.7. The summed E-state index contributed by atoms with van der Waals surface area (Å²) >= 11 is 0. The van der Waals surface area contributed by atoms with Gasteiger partial charge in [-0.25, -0.2) is 4.98 Å². The van der Waals surface area contributed by atoms with Crippen LogP contribution in [0.4, 0.5) is 0 Å². The zero-order valence-corrected chi connectivity index (χ0v) is 11.1. The lowest BCUT2D eigenvalue weighted by Crippen LogP contribution is -2.25. The van der Waals surface area contributed by atoms with Gasteiger partial charge in [0.05, 0.1) is 14.2 Å². The molecule has 1 unspecified atom stereocenters. The van der Waals surface area contributed by atoms with Crippen LogP contribution in [-0.4, -0.2) is 29.3 Å². The summed E-state index contributed by atoms with van der Waals surface area (Å²) in [6, 6.07) is 7.14. The number of aromatic nitrogens is 2. The van der Waals surface area contributed by atoms with Crippen molar-refractivity contribution in [3.63, 3.8) is 0 Å². The number of methoxy groups -OCH3 is 2. The van der Waals surface area contributed by atoms with Crippen LogP contribution in [0.5, 0.6) is 11.6 Å². The van der Waals surface area contributed by atoms with Gasteiger partial charge in [-0.3, -0.25) is 4.98 Å². The molecule has 1 heterocycles. The standard InChI is InChI=1S/C14H16N2O3/c1-14(17,10-4-6-11(18-2)7-5-10)12-13(19-3)16-9-8-15-12/h4-9,17H,1-3H3. The number of aliphatic hydroxyl groups is 1. The summed E-state index contributed by atoms with van der Waals surface area (Å²) in [4.78, 5) is 8.22. The fourth-order valence-corrected chi connectivity index (χ4v) is 1.86. The maximum Gasteiger partial charge on any atom is 0.238 e. The second-order valence-corrected chi connectivity index (χ2v) is 4.21. The second-order valence-electron chi connectivity index (χ2n) is 4.21. The van der Waals surface area contributed by atoms with Crippen LogP contribution in [-0.2, 0) is 5.60 Å². The van der Waals surface area contributed by atoms with Crippen LogP contribution in [0.25, 0.3) is 0 Å². The van der Waals surface area contributed by atoms with Gasteiger partial charge in [-0.15, -0.1) is 0 Å². The van der Waals surface area contributed by atoms with E-state index in [0.29, 0.717) is 17.1 Å². The smallest absolute Gasteiger partial charge is 0.238 e. The summed E-state index contributed by atoms with van der Waals surface area (Å²) < 4.78 is 10.2. The van der Waals surface area contributed by atoms with Gasteiger partial charge in [-0.05, 0) is 24.6 Å². The van der Waals surface area contributed by atoms with E-state index in [1.807, 2.05) is 0 Å². The molecule has 2 aromatic rings. The number of rotatable bonds is 4. The van der Waals surface area contributed by atoms with Crippen molar-refractivity contribution in [1.29, 1.82) is 0 Å². The third kappa shape index (κ3) is 2.51. The van der Waals surface area contributed by atoms with Crippen molar-refractivity contribution in [2.45, 2.75) is 12.5 Å². The summed E-state index contributed by atoms with van der Waals surface area (Å²) in [6.07, 6.45) is 3.04. The van der Waals surface area contributed by atoms with E-state index in [9.17, 15) is 5.11 Å². The van der Waals surface area contributed by atoms with Crippen molar-refractivity contribution in [2.24, 2.45) is 0 Å². The Kier molecular flexibility index (Phi) is 3.66. The van der Waals surface area contributed by atoms with Gasteiger partial charge in [-0.1, -0.05) is 12.1 Å². The van der Waals surface area contributed by atoms with Gasteiger partial charge in [0.15, 0.2) is 0 Å². The molecule has 1 atom stereocenters. The molecule has 0 saturated carbocycles. The van der Waals surface area contributed by atoms with E-state index in [1.165, 1.54) is 19.5 Å². The Hall–Kier alpha value is -2.14. The maximum atomic E-state index is 10.7. The molecule has 5 heteroatoms. The Morgan fingerprint density at radius 1 is 1.00 bits per heavy atom. The van der Waals surface area contributed by atoms with E-state index >= 15 is 0 Å². The largest absolute Gasteiger partial charge is 0.497 e. The molecule has 1 aromatic carbocycles. The molecule has 0 aliphatic heterocycles. The van der Waals surface area contributed by atoms with Crippen LogP contribution in [0.2, 0.25) is 0 Å². The number of hydrogen-bond donors (Lipinski definition) is 1. The third-order valence-electron chi connectivity index (χ3n) is 2.97. The molecule has 0 bridgehead atoms. The van der Waals surface area contributed by atoms with Crippen LogP contribution in [0.15, 0.2) is 36.7 Å². The summed E-state index contributed by atoms with van der Waals surface area (Å²) in [5.41, 5.74) is -0.221. The molecule has 2 rings (SSSR count). The van der Waals surface area contributed by atoms with Gasteiger partial charge in [-0.2, -0.15) is 0 Å². The highest BCUT2D eigenvalue weighted by Gasteiger charge is 2.31. The first-order valence-corrected chi connectivity index (χ1v) is 5.82. The summed E-state index contributed by atoms with van der Waals surface area (Å²) in [6.45, 7) is 1.65. The molecule has 19 heavy (non-hydrogen) atoms. The molecule has 0 fully saturated rings. The highest BCUT2D eigenvalue weighted by Crippen LogP contribution is 2.32. The van der Waals surface area contributed by atoms with Crippen LogP contribution in [0.3, 0.4) is 0 Å². The Morgan fingerprint density at radius 3 is 2.21 bits per heavy atom. The molecule has 0 amide bonds. The van der Waals surface area contributed by atoms with Gasteiger partial charge in [0.1, 0.15) is 17.0 Å². The van der Waals surface area contributed by atoms with E-state index in [0.717, 1.165) is 5.75 Å². The predicted molar refractivity (Wildman–Crippen MR) is 70.3 cm³/mol. The van der Waals surface area contributed by atoms with Crippen LogP contribution in [0, 0.1) is 0 Å². The lowest BCUT2D eigenvalue weighted by atomic mass is 9.92. The number of nitrogens with zero attached hydrogens (tertiary/aromatic N) is 2.